The zero-order valence-electron chi connectivity index (χ0n) is 18.2. The van der Waals surface area contributed by atoms with Gasteiger partial charge in [-0.05, 0) is 69.2 Å². The van der Waals surface area contributed by atoms with Crippen molar-refractivity contribution in [2.45, 2.75) is 76.8 Å². The fraction of sp³-hybridized carbons (Fsp3) is 0.625. The number of nitrogens with one attached hydrogen (secondary N) is 1. The highest BCUT2D eigenvalue weighted by atomic mass is 16.5. The maximum Gasteiger partial charge on any atom is 0.306 e. The Morgan fingerprint density at radius 2 is 2.17 bits per heavy atom. The molecule has 3 rings (SSSR count). The Morgan fingerprint density at radius 1 is 1.30 bits per heavy atom. The molecule has 3 unspecified atom stereocenters. The molecule has 3 N–H and O–H groups in total. The lowest BCUT2D eigenvalue weighted by Crippen LogP contribution is -2.41. The first-order valence-corrected chi connectivity index (χ1v) is 11.5. The van der Waals surface area contributed by atoms with Gasteiger partial charge in [-0.1, -0.05) is 31.4 Å². The molecule has 2 aliphatic heterocycles. The lowest BCUT2D eigenvalue weighted by atomic mass is 9.90. The summed E-state index contributed by atoms with van der Waals surface area (Å²) in [6, 6.07) is 3.78. The summed E-state index contributed by atoms with van der Waals surface area (Å²) in [5, 5.41) is 3.53. The number of aromatic nitrogens is 1. The van der Waals surface area contributed by atoms with Gasteiger partial charge in [0.05, 0.1) is 13.0 Å². The van der Waals surface area contributed by atoms with E-state index >= 15 is 0 Å². The zero-order valence-corrected chi connectivity index (χ0v) is 18.2. The van der Waals surface area contributed by atoms with Crippen LogP contribution in [0.4, 0.5) is 5.82 Å². The molecule has 30 heavy (non-hydrogen) atoms. The summed E-state index contributed by atoms with van der Waals surface area (Å²) in [4.78, 5) is 21.1. The van der Waals surface area contributed by atoms with Gasteiger partial charge in [-0.15, -0.1) is 0 Å². The van der Waals surface area contributed by atoms with Crippen molar-refractivity contribution in [2.75, 3.05) is 18.9 Å². The van der Waals surface area contributed by atoms with E-state index < -0.39 is 0 Å². The van der Waals surface area contributed by atoms with Crippen molar-refractivity contribution in [3.8, 4) is 0 Å². The number of allylic oxidation sites excluding steroid dienone is 1. The molecular formula is C24H36N4O2. The minimum absolute atomic E-state index is 0.136. The SMILES string of the molecule is CCOC(=O)CC(CCCCCCC1=NC2NCCCC2C=C1)c1ccc(N)nc1. The Kier molecular flexibility index (Phi) is 8.87. The standard InChI is InChI=1S/C24H36N4O2/c1-2-30-23(29)16-19(20-12-14-22(25)27-17-20)8-5-3-4-6-10-21-13-11-18-9-7-15-26-24(18)28-21/h11-14,17-19,24,26H,2-10,15-16H2,1H3,(H2,25,27). The number of fused-ring (bicyclic) bond motifs is 1. The molecule has 1 saturated heterocycles. The number of nitrogens with two attached hydrogens (primary N) is 1. The molecule has 164 valence electrons. The summed E-state index contributed by atoms with van der Waals surface area (Å²) in [5.41, 5.74) is 8.01. The third-order valence-corrected chi connectivity index (χ3v) is 6.05. The van der Waals surface area contributed by atoms with Gasteiger partial charge in [-0.2, -0.15) is 0 Å². The first-order chi connectivity index (χ1) is 14.7. The third-order valence-electron chi connectivity index (χ3n) is 6.05. The molecule has 0 radical (unpaired) electrons. The predicted octanol–water partition coefficient (Wildman–Crippen LogP) is 4.38. The normalized spacial score (nSPS) is 21.6. The Morgan fingerprint density at radius 3 is 2.97 bits per heavy atom. The smallest absolute Gasteiger partial charge is 0.306 e. The van der Waals surface area contributed by atoms with E-state index in [1.807, 2.05) is 13.0 Å². The molecular weight excluding hydrogens is 376 g/mol. The lowest BCUT2D eigenvalue weighted by Gasteiger charge is -2.30. The number of nitrogens with zero attached hydrogens (tertiary/aromatic N) is 2. The number of aliphatic imine (C=N–C) groups is 1. The molecule has 0 aromatic carbocycles. The number of dihydropyridines is 1. The highest BCUT2D eigenvalue weighted by molar-refractivity contribution is 5.95. The molecule has 6 heteroatoms. The van der Waals surface area contributed by atoms with Gasteiger partial charge in [0.15, 0.2) is 0 Å². The number of hydrogen-bond acceptors (Lipinski definition) is 6. The summed E-state index contributed by atoms with van der Waals surface area (Å²) >= 11 is 0. The van der Waals surface area contributed by atoms with Gasteiger partial charge in [0.1, 0.15) is 12.0 Å². The summed E-state index contributed by atoms with van der Waals surface area (Å²) in [5.74, 6) is 1.08. The fourth-order valence-electron chi connectivity index (χ4n) is 4.36. The summed E-state index contributed by atoms with van der Waals surface area (Å²) < 4.78 is 5.16. The number of hydrogen-bond donors (Lipinski definition) is 2. The second-order valence-corrected chi connectivity index (χ2v) is 8.36. The minimum atomic E-state index is -0.143. The summed E-state index contributed by atoms with van der Waals surface area (Å²) in [6.07, 6.45) is 16.2. The van der Waals surface area contributed by atoms with Crippen LogP contribution in [0.25, 0.3) is 0 Å². The maximum absolute atomic E-state index is 12.0. The van der Waals surface area contributed by atoms with Crippen LogP contribution in [0, 0.1) is 5.92 Å². The predicted molar refractivity (Wildman–Crippen MR) is 121 cm³/mol. The molecule has 0 aliphatic carbocycles. The molecule has 1 aromatic rings. The van der Waals surface area contributed by atoms with Crippen LogP contribution >= 0.6 is 0 Å². The molecule has 2 aliphatic rings. The number of carbonyl (C=O) groups is 1. The van der Waals surface area contributed by atoms with E-state index in [1.54, 1.807) is 12.3 Å². The van der Waals surface area contributed by atoms with Crippen molar-refractivity contribution in [1.29, 1.82) is 0 Å². The van der Waals surface area contributed by atoms with Crippen LogP contribution < -0.4 is 11.1 Å². The molecule has 1 fully saturated rings. The summed E-state index contributed by atoms with van der Waals surface area (Å²) in [6.45, 7) is 3.34. The van der Waals surface area contributed by atoms with Crippen LogP contribution in [0.5, 0.6) is 0 Å². The monoisotopic (exact) mass is 412 g/mol. The lowest BCUT2D eigenvalue weighted by molar-refractivity contribution is -0.143. The Bertz CT molecular complexity index is 729. The first kappa shape index (κ1) is 22.5. The van der Waals surface area contributed by atoms with Crippen LogP contribution in [0.1, 0.15) is 76.2 Å². The quantitative estimate of drug-likeness (QED) is 0.416. The zero-order chi connectivity index (χ0) is 21.2. The average Bonchev–Trinajstić information content (AvgIpc) is 2.76. The van der Waals surface area contributed by atoms with Gasteiger partial charge in [-0.3, -0.25) is 15.1 Å². The number of unbranched alkanes of at least 4 members (excludes halogenated alkanes) is 3. The highest BCUT2D eigenvalue weighted by Gasteiger charge is 2.24. The number of ether oxygens (including phenoxy) is 1. The molecule has 1 aromatic heterocycles. The van der Waals surface area contributed by atoms with Crippen molar-refractivity contribution in [3.05, 3.63) is 36.0 Å². The van der Waals surface area contributed by atoms with E-state index in [9.17, 15) is 4.79 Å². The average molecular weight is 413 g/mol. The van der Waals surface area contributed by atoms with Gasteiger partial charge in [0, 0.05) is 17.8 Å². The number of nitrogen functional groups attached to an aromatic ring is 1. The second kappa shape index (κ2) is 11.8. The number of piperidine rings is 1. The van der Waals surface area contributed by atoms with Crippen molar-refractivity contribution in [1.82, 2.24) is 10.3 Å². The van der Waals surface area contributed by atoms with Gasteiger partial charge in [0.25, 0.3) is 0 Å². The van der Waals surface area contributed by atoms with E-state index in [0.29, 0.717) is 30.9 Å². The molecule has 0 bridgehead atoms. The van der Waals surface area contributed by atoms with Crippen LogP contribution in [-0.4, -0.2) is 36.0 Å². The van der Waals surface area contributed by atoms with Gasteiger partial charge < -0.3 is 10.5 Å². The van der Waals surface area contributed by atoms with Crippen LogP contribution in [0.3, 0.4) is 0 Å². The second-order valence-electron chi connectivity index (χ2n) is 8.36. The van der Waals surface area contributed by atoms with Crippen molar-refractivity contribution >= 4 is 17.5 Å². The Balaban J connectivity index is 1.39. The number of pyridine rings is 1. The number of carbonyl (C=O) groups excluding carboxylic acids is 1. The number of rotatable bonds is 11. The van der Waals surface area contributed by atoms with E-state index in [4.69, 9.17) is 15.5 Å². The topological polar surface area (TPSA) is 89.6 Å². The number of esters is 1. The molecule has 3 heterocycles. The van der Waals surface area contributed by atoms with Gasteiger partial charge in [0.2, 0.25) is 0 Å². The van der Waals surface area contributed by atoms with E-state index in [2.05, 4.69) is 22.5 Å². The largest absolute Gasteiger partial charge is 0.466 e. The molecule has 3 atom stereocenters. The first-order valence-electron chi connectivity index (χ1n) is 11.5. The van der Waals surface area contributed by atoms with Crippen molar-refractivity contribution < 1.29 is 9.53 Å². The van der Waals surface area contributed by atoms with E-state index in [1.165, 1.54) is 25.0 Å². The molecule has 0 amide bonds. The number of anilines is 1. The van der Waals surface area contributed by atoms with Crippen LogP contribution in [-0.2, 0) is 9.53 Å². The van der Waals surface area contributed by atoms with Gasteiger partial charge in [-0.25, -0.2) is 4.98 Å². The van der Waals surface area contributed by atoms with Crippen molar-refractivity contribution in [3.63, 3.8) is 0 Å². The molecule has 0 spiro atoms. The Hall–Kier alpha value is -2.21. The van der Waals surface area contributed by atoms with Gasteiger partial charge >= 0.3 is 5.97 Å². The Labute approximate surface area is 180 Å². The summed E-state index contributed by atoms with van der Waals surface area (Å²) in [7, 11) is 0. The third kappa shape index (κ3) is 6.94. The maximum atomic E-state index is 12.0. The van der Waals surface area contributed by atoms with Crippen LogP contribution in [0.15, 0.2) is 35.5 Å². The highest BCUT2D eigenvalue weighted by Crippen LogP contribution is 2.27. The molecule has 6 nitrogen and oxygen atoms in total. The van der Waals surface area contributed by atoms with Crippen LogP contribution in [0.2, 0.25) is 0 Å². The molecule has 0 saturated carbocycles. The minimum Gasteiger partial charge on any atom is -0.466 e. The van der Waals surface area contributed by atoms with E-state index in [-0.39, 0.29) is 11.9 Å². The van der Waals surface area contributed by atoms with Crippen molar-refractivity contribution in [2.24, 2.45) is 10.9 Å². The fourth-order valence-corrected chi connectivity index (χ4v) is 4.36. The van der Waals surface area contributed by atoms with E-state index in [0.717, 1.165) is 44.2 Å².